The zero-order chi connectivity index (χ0) is 19.0. The van der Waals surface area contributed by atoms with Crippen molar-refractivity contribution in [2.75, 3.05) is 6.61 Å². The highest BCUT2D eigenvalue weighted by molar-refractivity contribution is 6.74. The van der Waals surface area contributed by atoms with E-state index in [-0.39, 0.29) is 0 Å². The fourth-order valence-electron chi connectivity index (χ4n) is 2.07. The minimum absolute atomic E-state index is 0.293. The van der Waals surface area contributed by atoms with E-state index in [2.05, 4.69) is 83.0 Å². The summed E-state index contributed by atoms with van der Waals surface area (Å²) in [5.41, 5.74) is 3.26. The normalized spacial score (nSPS) is 12.7. The molecule has 0 radical (unpaired) electrons. The van der Waals surface area contributed by atoms with Gasteiger partial charge in [-0.1, -0.05) is 71.3 Å². The van der Waals surface area contributed by atoms with Gasteiger partial charge in [0.2, 0.25) is 0 Å². The predicted molar refractivity (Wildman–Crippen MR) is 117 cm³/mol. The minimum Gasteiger partial charge on any atom is -0.416 e. The Morgan fingerprint density at radius 1 is 0.840 bits per heavy atom. The van der Waals surface area contributed by atoms with E-state index < -0.39 is 8.32 Å². The summed E-state index contributed by atoms with van der Waals surface area (Å²) in [6, 6.07) is 0. The van der Waals surface area contributed by atoms with Gasteiger partial charge in [0.25, 0.3) is 0 Å². The quantitative estimate of drug-likeness (QED) is 0.140. The molecule has 0 aliphatic rings. The van der Waals surface area contributed by atoms with Crippen molar-refractivity contribution in [3.63, 3.8) is 0 Å². The van der Waals surface area contributed by atoms with Crippen LogP contribution in [0.4, 0.5) is 0 Å². The number of hydrogen-bond acceptors (Lipinski definition) is 1. The lowest BCUT2D eigenvalue weighted by molar-refractivity contribution is 0.294. The Balaban J connectivity index is 3.71. The first kappa shape index (κ1) is 24.2. The van der Waals surface area contributed by atoms with Crippen LogP contribution in [0.1, 0.15) is 79.1 Å². The zero-order valence-corrected chi connectivity index (χ0v) is 18.7. The highest BCUT2D eigenvalue weighted by Gasteiger charge is 2.36. The van der Waals surface area contributed by atoms with Gasteiger partial charge in [0.05, 0.1) is 0 Å². The van der Waals surface area contributed by atoms with Crippen molar-refractivity contribution in [1.82, 2.24) is 0 Å². The summed E-state index contributed by atoms with van der Waals surface area (Å²) in [5.74, 6) is 0. The van der Waals surface area contributed by atoms with Gasteiger partial charge in [-0.15, -0.1) is 5.73 Å². The summed E-state index contributed by atoms with van der Waals surface area (Å²) < 4.78 is 6.14. The summed E-state index contributed by atoms with van der Waals surface area (Å²) in [7, 11) is -1.59. The second-order valence-corrected chi connectivity index (χ2v) is 13.0. The molecule has 0 fully saturated rings. The van der Waals surface area contributed by atoms with Crippen LogP contribution in [-0.2, 0) is 4.43 Å². The van der Waals surface area contributed by atoms with Crippen LogP contribution >= 0.6 is 0 Å². The maximum absolute atomic E-state index is 6.14. The summed E-state index contributed by atoms with van der Waals surface area (Å²) in [5, 5.41) is 0.293. The Labute approximate surface area is 159 Å². The molecule has 0 atom stereocenters. The number of hydrogen-bond donors (Lipinski definition) is 0. The van der Waals surface area contributed by atoms with E-state index >= 15 is 0 Å². The number of allylic oxidation sites excluding steroid dienone is 4. The summed E-state index contributed by atoms with van der Waals surface area (Å²) in [6.07, 6.45) is 22.8. The molecule has 2 heteroatoms. The molecule has 0 aromatic rings. The molecule has 0 aliphatic heterocycles. The van der Waals surface area contributed by atoms with Crippen molar-refractivity contribution >= 4 is 8.32 Å². The van der Waals surface area contributed by atoms with Crippen molar-refractivity contribution in [2.24, 2.45) is 0 Å². The van der Waals surface area contributed by atoms with Gasteiger partial charge in [-0.2, -0.15) is 0 Å². The highest BCUT2D eigenvalue weighted by atomic mass is 28.4. The molecular formula is C23H42OSi. The maximum Gasteiger partial charge on any atom is 0.191 e. The topological polar surface area (TPSA) is 9.23 Å². The first-order valence-corrected chi connectivity index (χ1v) is 13.1. The van der Waals surface area contributed by atoms with Gasteiger partial charge < -0.3 is 4.43 Å². The van der Waals surface area contributed by atoms with Gasteiger partial charge in [-0.25, -0.2) is 0 Å². The van der Waals surface area contributed by atoms with Gasteiger partial charge in [0.15, 0.2) is 8.32 Å². The van der Waals surface area contributed by atoms with Crippen LogP contribution in [0.5, 0.6) is 0 Å². The fraction of sp³-hybridized carbons (Fsp3) is 0.696. The van der Waals surface area contributed by atoms with Crippen molar-refractivity contribution in [3.8, 4) is 0 Å². The SMILES string of the molecule is CCCCCCC=CCC=CCC=C=CCCO[Si](C)(C)C(C)(C)C. The second kappa shape index (κ2) is 14.4. The molecule has 25 heavy (non-hydrogen) atoms. The molecule has 0 aromatic carbocycles. The molecule has 0 heterocycles. The Hall–Kier alpha value is -0.823. The average molecular weight is 363 g/mol. The fourth-order valence-corrected chi connectivity index (χ4v) is 3.13. The Morgan fingerprint density at radius 3 is 2.20 bits per heavy atom. The summed E-state index contributed by atoms with van der Waals surface area (Å²) >= 11 is 0. The maximum atomic E-state index is 6.14. The van der Waals surface area contributed by atoms with Crippen LogP contribution in [0.25, 0.3) is 0 Å². The van der Waals surface area contributed by atoms with Crippen molar-refractivity contribution in [3.05, 3.63) is 42.2 Å². The van der Waals surface area contributed by atoms with Crippen LogP contribution in [0.15, 0.2) is 42.2 Å². The summed E-state index contributed by atoms with van der Waals surface area (Å²) in [6.45, 7) is 14.5. The van der Waals surface area contributed by atoms with Crippen molar-refractivity contribution < 1.29 is 4.43 Å². The van der Waals surface area contributed by atoms with Gasteiger partial charge in [0.1, 0.15) is 0 Å². The Bertz CT molecular complexity index is 431. The van der Waals surface area contributed by atoms with Gasteiger partial charge >= 0.3 is 0 Å². The molecule has 0 aliphatic carbocycles. The molecule has 0 aromatic heterocycles. The van der Waals surface area contributed by atoms with Gasteiger partial charge in [-0.05, 0) is 62.4 Å². The third-order valence-electron chi connectivity index (χ3n) is 4.85. The smallest absolute Gasteiger partial charge is 0.191 e. The molecule has 144 valence electrons. The van der Waals surface area contributed by atoms with Crippen LogP contribution < -0.4 is 0 Å². The molecule has 0 unspecified atom stereocenters. The average Bonchev–Trinajstić information content (AvgIpc) is 2.53. The van der Waals surface area contributed by atoms with Crippen LogP contribution in [0.3, 0.4) is 0 Å². The van der Waals surface area contributed by atoms with E-state index in [0.29, 0.717) is 5.04 Å². The van der Waals surface area contributed by atoms with Gasteiger partial charge in [-0.3, -0.25) is 0 Å². The molecule has 1 nitrogen and oxygen atoms in total. The van der Waals surface area contributed by atoms with E-state index in [1.807, 2.05) is 0 Å². The lowest BCUT2D eigenvalue weighted by Crippen LogP contribution is -2.40. The first-order valence-electron chi connectivity index (χ1n) is 10.1. The first-order chi connectivity index (χ1) is 11.8. The van der Waals surface area contributed by atoms with Crippen LogP contribution in [0, 0.1) is 0 Å². The van der Waals surface area contributed by atoms with Crippen LogP contribution in [0.2, 0.25) is 18.1 Å². The monoisotopic (exact) mass is 362 g/mol. The minimum atomic E-state index is -1.59. The predicted octanol–water partition coefficient (Wildman–Crippen LogP) is 7.97. The highest BCUT2D eigenvalue weighted by Crippen LogP contribution is 2.36. The van der Waals surface area contributed by atoms with Crippen molar-refractivity contribution in [2.45, 2.75) is 97.2 Å². The Kier molecular flexibility index (Phi) is 13.9. The van der Waals surface area contributed by atoms with E-state index in [1.165, 1.54) is 32.1 Å². The lowest BCUT2D eigenvalue weighted by atomic mass is 10.1. The molecule has 0 bridgehead atoms. The van der Waals surface area contributed by atoms with Crippen LogP contribution in [-0.4, -0.2) is 14.9 Å². The molecule has 0 saturated carbocycles. The molecule has 0 N–H and O–H groups in total. The van der Waals surface area contributed by atoms with E-state index in [1.54, 1.807) is 0 Å². The third-order valence-corrected chi connectivity index (χ3v) is 9.39. The number of rotatable bonds is 13. The van der Waals surface area contributed by atoms with Crippen molar-refractivity contribution in [1.29, 1.82) is 0 Å². The molecule has 0 rings (SSSR count). The largest absolute Gasteiger partial charge is 0.416 e. The third kappa shape index (κ3) is 14.1. The van der Waals surface area contributed by atoms with E-state index in [9.17, 15) is 0 Å². The van der Waals surface area contributed by atoms with E-state index in [4.69, 9.17) is 4.43 Å². The second-order valence-electron chi connectivity index (χ2n) is 8.24. The van der Waals surface area contributed by atoms with E-state index in [0.717, 1.165) is 25.9 Å². The molecule has 0 amide bonds. The van der Waals surface area contributed by atoms with Gasteiger partial charge in [0, 0.05) is 6.61 Å². The standard InChI is InChI=1S/C23H42OSi/c1-7-8-9-10-11-12-13-14-15-16-17-18-19-20-21-22-24-25(5,6)23(2,3)4/h12-13,15-16,18,20H,7-11,14,17,21-22H2,1-6H3. The summed E-state index contributed by atoms with van der Waals surface area (Å²) in [4.78, 5) is 0. The molecule has 0 saturated heterocycles. The molecule has 0 spiro atoms. The number of unbranched alkanes of at least 4 members (excludes halogenated alkanes) is 4. The lowest BCUT2D eigenvalue weighted by Gasteiger charge is -2.36. The molecular weight excluding hydrogens is 320 g/mol. The Morgan fingerprint density at radius 2 is 1.52 bits per heavy atom. The zero-order valence-electron chi connectivity index (χ0n) is 17.7.